The molecule has 0 atom stereocenters. The number of halogens is 1. The summed E-state index contributed by atoms with van der Waals surface area (Å²) in [5, 5.41) is 0.963. The molecule has 0 amide bonds. The predicted molar refractivity (Wildman–Crippen MR) is 78.0 cm³/mol. The summed E-state index contributed by atoms with van der Waals surface area (Å²) in [5.41, 5.74) is 0. The number of piperidine rings is 1. The Morgan fingerprint density at radius 2 is 1.82 bits per heavy atom. The van der Waals surface area contributed by atoms with Crippen molar-refractivity contribution >= 4 is 15.9 Å². The van der Waals surface area contributed by atoms with E-state index in [2.05, 4.69) is 27.8 Å². The summed E-state index contributed by atoms with van der Waals surface area (Å²) in [6, 6.07) is 0. The van der Waals surface area contributed by atoms with Gasteiger partial charge < -0.3 is 9.64 Å². The summed E-state index contributed by atoms with van der Waals surface area (Å²) in [6.45, 7) is 6.91. The maximum absolute atomic E-state index is 5.76. The third kappa shape index (κ3) is 7.43. The minimum atomic E-state index is 0.517. The van der Waals surface area contributed by atoms with E-state index in [1.165, 1.54) is 64.6 Å². The van der Waals surface area contributed by atoms with Crippen molar-refractivity contribution in [1.29, 1.82) is 0 Å². The third-order valence-electron chi connectivity index (χ3n) is 3.54. The van der Waals surface area contributed by atoms with E-state index in [4.69, 9.17) is 4.74 Å². The van der Waals surface area contributed by atoms with E-state index in [1.54, 1.807) is 0 Å². The number of likely N-dealkylation sites (tertiary alicyclic amines) is 1. The lowest BCUT2D eigenvalue weighted by molar-refractivity contribution is 0.0156. The molecule has 1 saturated heterocycles. The highest BCUT2D eigenvalue weighted by Crippen LogP contribution is 2.14. The van der Waals surface area contributed by atoms with Gasteiger partial charge in [-0.2, -0.15) is 0 Å². The van der Waals surface area contributed by atoms with Crippen molar-refractivity contribution in [3.63, 3.8) is 0 Å². The first kappa shape index (κ1) is 15.5. The van der Waals surface area contributed by atoms with Crippen molar-refractivity contribution in [1.82, 2.24) is 4.90 Å². The highest BCUT2D eigenvalue weighted by molar-refractivity contribution is 9.09. The molecule has 1 aliphatic heterocycles. The highest BCUT2D eigenvalue weighted by atomic mass is 79.9. The maximum Gasteiger partial charge on any atom is 0.0599 e. The molecule has 0 N–H and O–H groups in total. The predicted octanol–water partition coefficient (Wildman–Crippen LogP) is 3.83. The fourth-order valence-electron chi connectivity index (χ4n) is 2.45. The second kappa shape index (κ2) is 10.3. The molecule has 3 heteroatoms. The molecule has 0 radical (unpaired) electrons. The van der Waals surface area contributed by atoms with E-state index in [1.807, 2.05) is 0 Å². The number of rotatable bonds is 9. The van der Waals surface area contributed by atoms with Crippen LogP contribution in [0.5, 0.6) is 0 Å². The molecule has 0 aromatic rings. The molecule has 0 aliphatic carbocycles. The molecular weight excluding hydrogens is 278 g/mol. The zero-order valence-electron chi connectivity index (χ0n) is 11.3. The van der Waals surface area contributed by atoms with E-state index in [9.17, 15) is 0 Å². The molecule has 0 aromatic carbocycles. The normalized spacial score (nSPS) is 18.7. The quantitative estimate of drug-likeness (QED) is 0.474. The van der Waals surface area contributed by atoms with E-state index in [0.717, 1.165) is 11.9 Å². The topological polar surface area (TPSA) is 12.5 Å². The molecular formula is C14H28BrNO. The number of nitrogens with zero attached hydrogens (tertiary/aromatic N) is 1. The molecule has 2 nitrogen and oxygen atoms in total. The smallest absolute Gasteiger partial charge is 0.0599 e. The SMILES string of the molecule is CCCCCCCN1CCC(OCCBr)CC1. The Bertz CT molecular complexity index is 167. The fourth-order valence-corrected chi connectivity index (χ4v) is 2.64. The molecule has 17 heavy (non-hydrogen) atoms. The zero-order chi connectivity index (χ0) is 12.3. The van der Waals surface area contributed by atoms with Crippen LogP contribution in [0.15, 0.2) is 0 Å². The van der Waals surface area contributed by atoms with Gasteiger partial charge in [0, 0.05) is 18.4 Å². The number of alkyl halides is 1. The van der Waals surface area contributed by atoms with Crippen LogP contribution in [0.1, 0.15) is 51.9 Å². The summed E-state index contributed by atoms with van der Waals surface area (Å²) in [7, 11) is 0. The van der Waals surface area contributed by atoms with Gasteiger partial charge in [0.15, 0.2) is 0 Å². The molecule has 0 saturated carbocycles. The number of ether oxygens (including phenoxy) is 1. The Morgan fingerprint density at radius 1 is 1.12 bits per heavy atom. The van der Waals surface area contributed by atoms with Crippen LogP contribution in [0.2, 0.25) is 0 Å². The highest BCUT2D eigenvalue weighted by Gasteiger charge is 2.18. The van der Waals surface area contributed by atoms with Crippen LogP contribution in [-0.2, 0) is 4.74 Å². The van der Waals surface area contributed by atoms with Gasteiger partial charge in [-0.3, -0.25) is 0 Å². The molecule has 0 unspecified atom stereocenters. The van der Waals surface area contributed by atoms with Gasteiger partial charge in [0.25, 0.3) is 0 Å². The van der Waals surface area contributed by atoms with Crippen LogP contribution in [0.3, 0.4) is 0 Å². The van der Waals surface area contributed by atoms with Crippen molar-refractivity contribution in [2.45, 2.75) is 58.0 Å². The van der Waals surface area contributed by atoms with Gasteiger partial charge in [-0.1, -0.05) is 48.5 Å². The van der Waals surface area contributed by atoms with Gasteiger partial charge in [0.2, 0.25) is 0 Å². The monoisotopic (exact) mass is 305 g/mol. The van der Waals surface area contributed by atoms with Gasteiger partial charge in [-0.25, -0.2) is 0 Å². The molecule has 1 rings (SSSR count). The Hall–Kier alpha value is 0.400. The summed E-state index contributed by atoms with van der Waals surface area (Å²) in [5.74, 6) is 0. The average molecular weight is 306 g/mol. The number of unbranched alkanes of at least 4 members (excludes halogenated alkanes) is 4. The zero-order valence-corrected chi connectivity index (χ0v) is 12.9. The first-order valence-corrected chi connectivity index (χ1v) is 8.39. The largest absolute Gasteiger partial charge is 0.377 e. The average Bonchev–Trinajstić information content (AvgIpc) is 2.37. The summed E-state index contributed by atoms with van der Waals surface area (Å²) >= 11 is 3.41. The van der Waals surface area contributed by atoms with Gasteiger partial charge in [-0.15, -0.1) is 0 Å². The maximum atomic E-state index is 5.76. The number of hydrogen-bond acceptors (Lipinski definition) is 2. The molecule has 1 fully saturated rings. The van der Waals surface area contributed by atoms with Crippen LogP contribution in [0.25, 0.3) is 0 Å². The molecule has 0 spiro atoms. The minimum Gasteiger partial charge on any atom is -0.377 e. The second-order valence-electron chi connectivity index (χ2n) is 5.01. The molecule has 1 aliphatic rings. The fraction of sp³-hybridized carbons (Fsp3) is 1.00. The van der Waals surface area contributed by atoms with Crippen LogP contribution in [0, 0.1) is 0 Å². The van der Waals surface area contributed by atoms with Crippen molar-refractivity contribution in [2.75, 3.05) is 31.6 Å². The molecule has 0 bridgehead atoms. The standard InChI is InChI=1S/C14H28BrNO/c1-2-3-4-5-6-10-16-11-7-14(8-12-16)17-13-9-15/h14H,2-13H2,1H3. The van der Waals surface area contributed by atoms with Gasteiger partial charge in [-0.05, 0) is 25.8 Å². The van der Waals surface area contributed by atoms with Gasteiger partial charge in [0.05, 0.1) is 12.7 Å². The van der Waals surface area contributed by atoms with E-state index < -0.39 is 0 Å². The lowest BCUT2D eigenvalue weighted by Crippen LogP contribution is -2.37. The Labute approximate surface area is 115 Å². The lowest BCUT2D eigenvalue weighted by Gasteiger charge is -2.31. The van der Waals surface area contributed by atoms with Gasteiger partial charge in [0.1, 0.15) is 0 Å². The molecule has 1 heterocycles. The van der Waals surface area contributed by atoms with Crippen molar-refractivity contribution in [3.05, 3.63) is 0 Å². The Morgan fingerprint density at radius 3 is 2.47 bits per heavy atom. The second-order valence-corrected chi connectivity index (χ2v) is 5.81. The van der Waals surface area contributed by atoms with Crippen LogP contribution < -0.4 is 0 Å². The summed E-state index contributed by atoms with van der Waals surface area (Å²) < 4.78 is 5.76. The van der Waals surface area contributed by atoms with Crippen LogP contribution in [0.4, 0.5) is 0 Å². The first-order chi connectivity index (χ1) is 8.36. The van der Waals surface area contributed by atoms with Crippen molar-refractivity contribution in [3.8, 4) is 0 Å². The first-order valence-electron chi connectivity index (χ1n) is 7.26. The van der Waals surface area contributed by atoms with Crippen molar-refractivity contribution < 1.29 is 4.74 Å². The van der Waals surface area contributed by atoms with E-state index >= 15 is 0 Å². The Kier molecular flexibility index (Phi) is 9.40. The van der Waals surface area contributed by atoms with E-state index in [-0.39, 0.29) is 0 Å². The van der Waals surface area contributed by atoms with E-state index in [0.29, 0.717) is 6.10 Å². The number of hydrogen-bond donors (Lipinski definition) is 0. The summed E-state index contributed by atoms with van der Waals surface area (Å²) in [6.07, 6.45) is 9.93. The van der Waals surface area contributed by atoms with Gasteiger partial charge >= 0.3 is 0 Å². The molecule has 102 valence electrons. The minimum absolute atomic E-state index is 0.517. The lowest BCUT2D eigenvalue weighted by atomic mass is 10.1. The Balaban J connectivity index is 1.95. The van der Waals surface area contributed by atoms with Crippen LogP contribution >= 0.6 is 15.9 Å². The summed E-state index contributed by atoms with van der Waals surface area (Å²) in [4.78, 5) is 2.61. The molecule has 0 aromatic heterocycles. The van der Waals surface area contributed by atoms with Crippen molar-refractivity contribution in [2.24, 2.45) is 0 Å². The third-order valence-corrected chi connectivity index (χ3v) is 3.87. The van der Waals surface area contributed by atoms with Crippen LogP contribution in [-0.4, -0.2) is 42.6 Å².